The zero-order valence-corrected chi connectivity index (χ0v) is 9.33. The van der Waals surface area contributed by atoms with Crippen LogP contribution in [0.15, 0.2) is 30.3 Å². The summed E-state index contributed by atoms with van der Waals surface area (Å²) in [7, 11) is 0. The van der Waals surface area contributed by atoms with Gasteiger partial charge in [-0.15, -0.1) is 0 Å². The molecule has 0 amide bonds. The Kier molecular flexibility index (Phi) is 4.69. The lowest BCUT2D eigenvalue weighted by molar-refractivity contribution is -0.213. The number of ketones is 1. The number of hydrogen-bond acceptors (Lipinski definition) is 2. The molecule has 0 saturated carbocycles. The molecular formula is C12H13F3O2. The van der Waals surface area contributed by atoms with E-state index in [1.165, 1.54) is 0 Å². The van der Waals surface area contributed by atoms with Crippen molar-refractivity contribution >= 4 is 5.78 Å². The van der Waals surface area contributed by atoms with Crippen molar-refractivity contribution in [1.82, 2.24) is 0 Å². The van der Waals surface area contributed by atoms with Gasteiger partial charge in [0.2, 0.25) is 0 Å². The van der Waals surface area contributed by atoms with Gasteiger partial charge in [-0.2, -0.15) is 13.2 Å². The predicted molar refractivity (Wildman–Crippen MR) is 56.9 cm³/mol. The molecule has 0 spiro atoms. The maximum Gasteiger partial charge on any atom is 0.414 e. The van der Waals surface area contributed by atoms with Gasteiger partial charge < -0.3 is 4.74 Å². The Hall–Kier alpha value is -1.36. The van der Waals surface area contributed by atoms with E-state index in [0.29, 0.717) is 5.56 Å². The van der Waals surface area contributed by atoms with Crippen LogP contribution in [0.1, 0.15) is 23.7 Å². The third kappa shape index (κ3) is 4.56. The number of rotatable bonds is 5. The summed E-state index contributed by atoms with van der Waals surface area (Å²) in [6.07, 6.45) is -6.27. The molecule has 17 heavy (non-hydrogen) atoms. The second-order valence-electron chi connectivity index (χ2n) is 3.59. The van der Waals surface area contributed by atoms with Gasteiger partial charge in [-0.1, -0.05) is 30.3 Å². The number of halogens is 3. The van der Waals surface area contributed by atoms with Crippen molar-refractivity contribution in [2.24, 2.45) is 0 Å². The maximum atomic E-state index is 12.1. The molecule has 1 aromatic rings. The first-order valence-electron chi connectivity index (χ1n) is 5.18. The van der Waals surface area contributed by atoms with Crippen LogP contribution >= 0.6 is 0 Å². The largest absolute Gasteiger partial charge is 0.414 e. The summed E-state index contributed by atoms with van der Waals surface area (Å²) in [4.78, 5) is 11.5. The Bertz CT molecular complexity index is 360. The van der Waals surface area contributed by atoms with Crippen molar-refractivity contribution in [1.29, 1.82) is 0 Å². The van der Waals surface area contributed by atoms with Gasteiger partial charge in [0.25, 0.3) is 0 Å². The summed E-state index contributed by atoms with van der Waals surface area (Å²) in [5, 5.41) is 0. The molecule has 0 radical (unpaired) electrons. The molecule has 94 valence electrons. The van der Waals surface area contributed by atoms with Gasteiger partial charge in [-0.25, -0.2) is 0 Å². The van der Waals surface area contributed by atoms with Crippen LogP contribution < -0.4 is 0 Å². The van der Waals surface area contributed by atoms with Gasteiger partial charge >= 0.3 is 6.18 Å². The average molecular weight is 246 g/mol. The topological polar surface area (TPSA) is 26.3 Å². The van der Waals surface area contributed by atoms with Crippen LogP contribution in [-0.4, -0.2) is 24.7 Å². The third-order valence-corrected chi connectivity index (χ3v) is 2.25. The second-order valence-corrected chi connectivity index (χ2v) is 3.59. The van der Waals surface area contributed by atoms with Crippen molar-refractivity contribution in [3.63, 3.8) is 0 Å². The van der Waals surface area contributed by atoms with Crippen LogP contribution in [0.4, 0.5) is 13.2 Å². The summed E-state index contributed by atoms with van der Waals surface area (Å²) < 4.78 is 40.8. The van der Waals surface area contributed by atoms with E-state index in [9.17, 15) is 18.0 Å². The molecule has 0 aromatic heterocycles. The first-order valence-corrected chi connectivity index (χ1v) is 5.18. The number of ether oxygens (including phenoxy) is 1. The van der Waals surface area contributed by atoms with E-state index < -0.39 is 12.3 Å². The van der Waals surface area contributed by atoms with E-state index in [2.05, 4.69) is 4.74 Å². The second kappa shape index (κ2) is 5.82. The Balaban J connectivity index is 2.35. The number of Topliss-reactive ketones (excluding diaryl/α,β-unsaturated/α-hetero) is 1. The zero-order chi connectivity index (χ0) is 12.9. The van der Waals surface area contributed by atoms with Crippen molar-refractivity contribution in [2.45, 2.75) is 25.6 Å². The third-order valence-electron chi connectivity index (χ3n) is 2.25. The average Bonchev–Trinajstić information content (AvgIpc) is 2.28. The molecule has 0 aliphatic carbocycles. The molecule has 1 unspecified atom stereocenters. The van der Waals surface area contributed by atoms with E-state index in [0.717, 1.165) is 6.92 Å². The maximum absolute atomic E-state index is 12.1. The highest BCUT2D eigenvalue weighted by molar-refractivity contribution is 5.96. The molecule has 0 fully saturated rings. The van der Waals surface area contributed by atoms with Crippen LogP contribution in [0, 0.1) is 0 Å². The minimum Gasteiger partial charge on any atom is -0.369 e. The molecule has 1 aromatic carbocycles. The zero-order valence-electron chi connectivity index (χ0n) is 9.33. The normalized spacial score (nSPS) is 13.4. The van der Waals surface area contributed by atoms with E-state index >= 15 is 0 Å². The van der Waals surface area contributed by atoms with E-state index in [-0.39, 0.29) is 18.8 Å². The summed E-state index contributed by atoms with van der Waals surface area (Å²) in [6.45, 7) is 0.696. The fourth-order valence-electron chi connectivity index (χ4n) is 1.19. The first-order chi connectivity index (χ1) is 7.91. The Labute approximate surface area is 97.4 Å². The molecule has 0 N–H and O–H groups in total. The fourth-order valence-corrected chi connectivity index (χ4v) is 1.19. The van der Waals surface area contributed by atoms with Crippen LogP contribution in [0.2, 0.25) is 0 Å². The monoisotopic (exact) mass is 246 g/mol. The standard InChI is InChI=1S/C12H13F3O2/c1-9(12(13,14)15)17-8-7-11(16)10-5-3-2-4-6-10/h2-6,9H,7-8H2,1H3. The van der Waals surface area contributed by atoms with Crippen LogP contribution in [0.3, 0.4) is 0 Å². The number of alkyl halides is 3. The Morgan fingerprint density at radius 3 is 2.41 bits per heavy atom. The van der Waals surface area contributed by atoms with E-state index in [4.69, 9.17) is 0 Å². The van der Waals surface area contributed by atoms with Gasteiger partial charge in [0.1, 0.15) is 0 Å². The highest BCUT2D eigenvalue weighted by atomic mass is 19.4. The summed E-state index contributed by atoms with van der Waals surface area (Å²) >= 11 is 0. The number of carbonyl (C=O) groups is 1. The summed E-state index contributed by atoms with van der Waals surface area (Å²) in [5.74, 6) is -0.222. The molecule has 0 saturated heterocycles. The molecule has 0 bridgehead atoms. The molecule has 0 aliphatic heterocycles. The van der Waals surface area contributed by atoms with Gasteiger partial charge in [0.05, 0.1) is 6.61 Å². The lowest BCUT2D eigenvalue weighted by Crippen LogP contribution is -2.29. The summed E-state index contributed by atoms with van der Waals surface area (Å²) in [6, 6.07) is 8.41. The SMILES string of the molecule is CC(OCCC(=O)c1ccccc1)C(F)(F)F. The van der Waals surface area contributed by atoms with Gasteiger partial charge in [0.15, 0.2) is 11.9 Å². The molecule has 5 heteroatoms. The minimum absolute atomic E-state index is 0.0512. The van der Waals surface area contributed by atoms with Crippen LogP contribution in [0.25, 0.3) is 0 Å². The van der Waals surface area contributed by atoms with Crippen molar-refractivity contribution in [2.75, 3.05) is 6.61 Å². The number of carbonyl (C=O) groups excluding carboxylic acids is 1. The fraction of sp³-hybridized carbons (Fsp3) is 0.417. The smallest absolute Gasteiger partial charge is 0.369 e. The van der Waals surface area contributed by atoms with Gasteiger partial charge in [-0.05, 0) is 6.92 Å². The Morgan fingerprint density at radius 1 is 1.29 bits per heavy atom. The lowest BCUT2D eigenvalue weighted by Gasteiger charge is -2.15. The predicted octanol–water partition coefficient (Wildman–Crippen LogP) is 3.23. The highest BCUT2D eigenvalue weighted by Crippen LogP contribution is 2.22. The quantitative estimate of drug-likeness (QED) is 0.745. The van der Waals surface area contributed by atoms with Crippen molar-refractivity contribution in [3.8, 4) is 0 Å². The van der Waals surface area contributed by atoms with Crippen molar-refractivity contribution < 1.29 is 22.7 Å². The molecule has 1 atom stereocenters. The van der Waals surface area contributed by atoms with Crippen molar-refractivity contribution in [3.05, 3.63) is 35.9 Å². The molecule has 2 nitrogen and oxygen atoms in total. The highest BCUT2D eigenvalue weighted by Gasteiger charge is 2.36. The van der Waals surface area contributed by atoms with Gasteiger partial charge in [0, 0.05) is 12.0 Å². The van der Waals surface area contributed by atoms with Gasteiger partial charge in [-0.3, -0.25) is 4.79 Å². The van der Waals surface area contributed by atoms with Crippen LogP contribution in [-0.2, 0) is 4.74 Å². The molecular weight excluding hydrogens is 233 g/mol. The minimum atomic E-state index is -4.38. The summed E-state index contributed by atoms with van der Waals surface area (Å²) in [5.41, 5.74) is 0.482. The van der Waals surface area contributed by atoms with Crippen LogP contribution in [0.5, 0.6) is 0 Å². The lowest BCUT2D eigenvalue weighted by atomic mass is 10.1. The first kappa shape index (κ1) is 13.7. The molecule has 0 heterocycles. The Morgan fingerprint density at radius 2 is 1.88 bits per heavy atom. The number of benzene rings is 1. The molecule has 1 rings (SSSR count). The van der Waals surface area contributed by atoms with E-state index in [1.807, 2.05) is 0 Å². The van der Waals surface area contributed by atoms with E-state index in [1.54, 1.807) is 30.3 Å². The molecule has 0 aliphatic rings. The number of hydrogen-bond donors (Lipinski definition) is 0.